The van der Waals surface area contributed by atoms with Crippen LogP contribution in [0.5, 0.6) is 0 Å². The summed E-state index contributed by atoms with van der Waals surface area (Å²) in [6.07, 6.45) is 9.42. The van der Waals surface area contributed by atoms with Gasteiger partial charge in [-0.2, -0.15) is 0 Å². The molecule has 2 bridgehead atoms. The topological polar surface area (TPSA) is 13.1 Å². The molecule has 0 spiro atoms. The molecule has 7 rings (SSSR count). The van der Waals surface area contributed by atoms with Crippen LogP contribution in [0.3, 0.4) is 0 Å². The summed E-state index contributed by atoms with van der Waals surface area (Å²) in [7, 11) is -1.08. The van der Waals surface area contributed by atoms with E-state index in [9.17, 15) is 0 Å². The van der Waals surface area contributed by atoms with Crippen LogP contribution in [-0.4, -0.2) is 8.07 Å². The molecule has 0 N–H and O–H groups in total. The fraction of sp³-hybridized carbons (Fsp3) is 0.394. The molecule has 0 saturated heterocycles. The summed E-state index contributed by atoms with van der Waals surface area (Å²) in [4.78, 5) is 0. The Balaban J connectivity index is 0.000000240. The number of fused-ring (bicyclic) bond motifs is 1. The smallest absolute Gasteiger partial charge is 1.00 e. The largest absolute Gasteiger partial charge is 1.00 e. The molecule has 1 aromatic heterocycles. The number of allylic oxidation sites excluding steroid dienone is 2. The third kappa shape index (κ3) is 5.43. The number of rotatable bonds is 6. The van der Waals surface area contributed by atoms with Crippen LogP contribution >= 0.6 is 0 Å². The van der Waals surface area contributed by atoms with Crippen LogP contribution in [0, 0.1) is 5.92 Å². The Hall–Kier alpha value is -1.12. The molecule has 3 aromatic rings. The Morgan fingerprint density at radius 3 is 2.26 bits per heavy atom. The van der Waals surface area contributed by atoms with Crippen molar-refractivity contribution < 1.29 is 54.0 Å². The number of halogens is 2. The quantitative estimate of drug-likeness (QED) is 0.296. The molecule has 2 atom stereocenters. The van der Waals surface area contributed by atoms with Crippen molar-refractivity contribution in [2.45, 2.75) is 75.6 Å². The van der Waals surface area contributed by atoms with Gasteiger partial charge in [-0.3, -0.25) is 0 Å². The van der Waals surface area contributed by atoms with Gasteiger partial charge in [0, 0.05) is 11.1 Å². The summed E-state index contributed by atoms with van der Waals surface area (Å²) >= 11 is 1.60. The molecule has 2 aromatic carbocycles. The molecule has 0 radical (unpaired) electrons. The normalized spacial score (nSPS) is 19.4. The minimum Gasteiger partial charge on any atom is -1.00 e. The summed E-state index contributed by atoms with van der Waals surface area (Å²) in [6.45, 7) is 14.0. The van der Waals surface area contributed by atoms with Gasteiger partial charge in [-0.1, -0.05) is 25.6 Å². The van der Waals surface area contributed by atoms with E-state index in [2.05, 4.69) is 95.4 Å². The monoisotopic (exact) mass is 639 g/mol. The number of hydrogen-bond acceptors (Lipinski definition) is 1. The van der Waals surface area contributed by atoms with E-state index >= 15 is 0 Å². The molecule has 2 aliphatic carbocycles. The first-order valence-electron chi connectivity index (χ1n) is 13.7. The maximum atomic E-state index is 5.51. The second-order valence-corrected chi connectivity index (χ2v) is 17.6. The van der Waals surface area contributed by atoms with Crippen LogP contribution < -0.4 is 24.8 Å². The molecule has 199 valence electrons. The van der Waals surface area contributed by atoms with E-state index < -0.39 is 8.07 Å². The van der Waals surface area contributed by atoms with E-state index in [0.717, 1.165) is 5.54 Å². The van der Waals surface area contributed by atoms with Crippen molar-refractivity contribution in [1.29, 1.82) is 0 Å². The van der Waals surface area contributed by atoms with E-state index in [1.165, 1.54) is 64.8 Å². The van der Waals surface area contributed by atoms with E-state index in [1.807, 2.05) is 6.26 Å². The standard InChI is InChI=1S/C23H27.C10H12OSi.2ClH.Zr/c1-4-5-6-8-18-11-13-19(14-12-18)22-10-7-9-20-15-21(17(2)3)16-23(20)22;1-6-9-7-4-5-11-8(7)10(6)12(9,2)3;;;/h7,9-17H,4-6,8H2,1-3H3;4-5,9H,1-3H3;2*1H;/q;;;;+2/p-2. The fourth-order valence-corrected chi connectivity index (χ4v) is 12.6. The van der Waals surface area contributed by atoms with Gasteiger partial charge in [-0.25, -0.2) is 0 Å². The zero-order valence-electron chi connectivity index (χ0n) is 23.5. The zero-order valence-corrected chi connectivity index (χ0v) is 28.5. The molecule has 0 fully saturated rings. The van der Waals surface area contributed by atoms with Crippen LogP contribution in [0.4, 0.5) is 0 Å². The molecule has 38 heavy (non-hydrogen) atoms. The van der Waals surface area contributed by atoms with E-state index in [4.69, 9.17) is 4.42 Å². The van der Waals surface area contributed by atoms with Crippen LogP contribution in [0.2, 0.25) is 13.1 Å². The summed E-state index contributed by atoms with van der Waals surface area (Å²) < 4.78 is 6.15. The molecule has 1 nitrogen and oxygen atoms in total. The first-order valence-corrected chi connectivity index (χ1v) is 18.2. The van der Waals surface area contributed by atoms with Gasteiger partial charge < -0.3 is 29.2 Å². The predicted molar refractivity (Wildman–Crippen MR) is 152 cm³/mol. The molecule has 2 unspecified atom stereocenters. The molecule has 3 heterocycles. The van der Waals surface area contributed by atoms with E-state index in [0.29, 0.717) is 9.54 Å². The van der Waals surface area contributed by atoms with Gasteiger partial charge in [0.15, 0.2) is 0 Å². The van der Waals surface area contributed by atoms with Gasteiger partial charge in [0.2, 0.25) is 0 Å². The van der Waals surface area contributed by atoms with Crippen molar-refractivity contribution in [3.05, 3.63) is 94.0 Å². The minimum atomic E-state index is -1.08. The second-order valence-electron chi connectivity index (χ2n) is 11.6. The Bertz CT molecular complexity index is 1330. The Morgan fingerprint density at radius 1 is 0.947 bits per heavy atom. The Kier molecular flexibility index (Phi) is 10.4. The summed E-state index contributed by atoms with van der Waals surface area (Å²) in [6, 6.07) is 18.3. The molecular formula is C33H39Cl2OSiZr. The molecule has 4 aliphatic rings. The molecule has 2 aliphatic heterocycles. The number of benzene rings is 2. The van der Waals surface area contributed by atoms with Crippen LogP contribution in [0.15, 0.2) is 70.4 Å². The van der Waals surface area contributed by atoms with Crippen molar-refractivity contribution in [3.8, 4) is 11.1 Å². The molecule has 0 amide bonds. The summed E-state index contributed by atoms with van der Waals surface area (Å²) in [5, 5.41) is 1.59. The van der Waals surface area contributed by atoms with Crippen molar-refractivity contribution in [2.24, 2.45) is 5.92 Å². The van der Waals surface area contributed by atoms with Gasteiger partial charge in [0.1, 0.15) is 5.76 Å². The first kappa shape index (κ1) is 31.4. The minimum absolute atomic E-state index is 0. The van der Waals surface area contributed by atoms with E-state index in [-0.39, 0.29) is 24.8 Å². The van der Waals surface area contributed by atoms with Gasteiger partial charge in [0.05, 0.1) is 14.3 Å². The summed E-state index contributed by atoms with van der Waals surface area (Å²) in [5.41, 5.74) is 12.7. The fourth-order valence-electron chi connectivity index (χ4n) is 6.71. The van der Waals surface area contributed by atoms with Crippen molar-refractivity contribution >= 4 is 19.3 Å². The van der Waals surface area contributed by atoms with Crippen molar-refractivity contribution in [1.82, 2.24) is 0 Å². The maximum absolute atomic E-state index is 5.51. The van der Waals surface area contributed by atoms with Gasteiger partial charge in [-0.05, 0) is 18.2 Å². The van der Waals surface area contributed by atoms with Gasteiger partial charge >= 0.3 is 156 Å². The van der Waals surface area contributed by atoms with E-state index in [1.54, 1.807) is 41.1 Å². The van der Waals surface area contributed by atoms with Gasteiger partial charge in [0.25, 0.3) is 0 Å². The van der Waals surface area contributed by atoms with Crippen LogP contribution in [0.25, 0.3) is 22.4 Å². The van der Waals surface area contributed by atoms with Crippen LogP contribution in [-0.2, 0) is 31.1 Å². The first-order chi connectivity index (χ1) is 17.3. The molecular weight excluding hydrogens is 603 g/mol. The predicted octanol–water partition coefficient (Wildman–Crippen LogP) is 3.69. The Morgan fingerprint density at radius 2 is 1.66 bits per heavy atom. The number of hydrogen-bond donors (Lipinski definition) is 0. The molecule has 5 heteroatoms. The van der Waals surface area contributed by atoms with Crippen molar-refractivity contribution in [3.63, 3.8) is 0 Å². The SMILES string of the molecule is CC1=C2c3occc3C1[Si]2(C)C.CCCCCc1ccc(-c2cccc3c2C=C(C(C)C)[CH]3[Zr+2])cc1.[Cl-].[Cl-]. The Labute approximate surface area is 258 Å². The molecule has 0 saturated carbocycles. The average Bonchev–Trinajstić information content (AvgIpc) is 3.56. The average molecular weight is 642 g/mol. The second kappa shape index (κ2) is 12.6. The van der Waals surface area contributed by atoms with Gasteiger partial charge in [-0.15, -0.1) is 0 Å². The number of unbranched alkanes of at least 4 members (excludes halogenated alkanes) is 2. The third-order valence-electron chi connectivity index (χ3n) is 8.52. The third-order valence-corrected chi connectivity index (χ3v) is 14.2. The van der Waals surface area contributed by atoms with Crippen LogP contribution in [0.1, 0.15) is 84.1 Å². The maximum Gasteiger partial charge on any atom is -1.00 e. The zero-order chi connectivity index (χ0) is 25.6. The number of aryl methyl sites for hydroxylation is 1. The number of furan rings is 1. The summed E-state index contributed by atoms with van der Waals surface area (Å²) in [5.74, 6) is 1.85. The van der Waals surface area contributed by atoms with Crippen molar-refractivity contribution in [2.75, 3.05) is 0 Å².